The summed E-state index contributed by atoms with van der Waals surface area (Å²) in [5.74, 6) is 0.287. The van der Waals surface area contributed by atoms with Crippen LogP contribution in [-0.4, -0.2) is 11.2 Å². The number of hydrogen-bond donors (Lipinski definition) is 0. The van der Waals surface area contributed by atoms with Crippen molar-refractivity contribution in [2.45, 2.75) is 13.5 Å². The molecule has 0 saturated heterocycles. The Balaban J connectivity index is 2.29. The van der Waals surface area contributed by atoms with Gasteiger partial charge in [-0.3, -0.25) is 4.79 Å². The van der Waals surface area contributed by atoms with Crippen LogP contribution in [0.2, 0.25) is 0 Å². The average molecular weight is 280 g/mol. The van der Waals surface area contributed by atoms with Crippen LogP contribution >= 0.6 is 0 Å². The Morgan fingerprint density at radius 3 is 2.81 bits per heavy atom. The molecule has 0 unspecified atom stereocenters. The van der Waals surface area contributed by atoms with E-state index in [0.717, 1.165) is 11.1 Å². The zero-order chi connectivity index (χ0) is 15.2. The van der Waals surface area contributed by atoms with Gasteiger partial charge in [-0.1, -0.05) is 24.8 Å². The van der Waals surface area contributed by atoms with E-state index in [1.807, 2.05) is 19.1 Å². The summed E-state index contributed by atoms with van der Waals surface area (Å²) < 4.78 is 6.97. The molecule has 0 bridgehead atoms. The second-order valence-corrected chi connectivity index (χ2v) is 4.82. The standard InChI is InChI=1S/C17H16N2O2/c1-13(2)12-21-16-8-5-9-19(17(16)20)11-15-7-4-3-6-14(15)10-18/h3-9H,1,11-12H2,2H3. The van der Waals surface area contributed by atoms with Gasteiger partial charge in [0.05, 0.1) is 18.2 Å². The molecule has 0 atom stereocenters. The van der Waals surface area contributed by atoms with Gasteiger partial charge in [-0.2, -0.15) is 5.26 Å². The molecule has 0 fully saturated rings. The lowest BCUT2D eigenvalue weighted by molar-refractivity contribution is 0.344. The number of ether oxygens (including phenoxy) is 1. The van der Waals surface area contributed by atoms with Gasteiger partial charge in [0.15, 0.2) is 5.75 Å². The highest BCUT2D eigenvalue weighted by atomic mass is 16.5. The lowest BCUT2D eigenvalue weighted by Gasteiger charge is -2.10. The molecule has 4 nitrogen and oxygen atoms in total. The first-order valence-corrected chi connectivity index (χ1v) is 6.56. The number of nitrogens with zero attached hydrogens (tertiary/aromatic N) is 2. The first-order chi connectivity index (χ1) is 10.1. The van der Waals surface area contributed by atoms with Crippen molar-refractivity contribution in [1.82, 2.24) is 4.57 Å². The topological polar surface area (TPSA) is 55.0 Å². The number of benzene rings is 1. The van der Waals surface area contributed by atoms with Crippen LogP contribution in [0.5, 0.6) is 5.75 Å². The summed E-state index contributed by atoms with van der Waals surface area (Å²) in [4.78, 5) is 12.3. The Morgan fingerprint density at radius 1 is 1.33 bits per heavy atom. The SMILES string of the molecule is C=C(C)COc1cccn(Cc2ccccc2C#N)c1=O. The maximum atomic E-state index is 12.3. The molecule has 0 N–H and O–H groups in total. The Labute approximate surface area is 123 Å². The van der Waals surface area contributed by atoms with E-state index in [2.05, 4.69) is 12.6 Å². The molecule has 0 aliphatic rings. The Bertz CT molecular complexity index is 754. The minimum Gasteiger partial charge on any atom is -0.484 e. The quantitative estimate of drug-likeness (QED) is 0.791. The van der Waals surface area contributed by atoms with Crippen LogP contribution in [0.25, 0.3) is 0 Å². The average Bonchev–Trinajstić information content (AvgIpc) is 2.48. The maximum absolute atomic E-state index is 12.3. The molecule has 1 aromatic heterocycles. The summed E-state index contributed by atoms with van der Waals surface area (Å²) >= 11 is 0. The summed E-state index contributed by atoms with van der Waals surface area (Å²) in [6.45, 7) is 6.23. The first kappa shape index (κ1) is 14.6. The number of rotatable bonds is 5. The first-order valence-electron chi connectivity index (χ1n) is 6.56. The molecule has 106 valence electrons. The van der Waals surface area contributed by atoms with E-state index in [4.69, 9.17) is 10.00 Å². The molecule has 0 aliphatic carbocycles. The summed E-state index contributed by atoms with van der Waals surface area (Å²) in [5.41, 5.74) is 2.00. The highest BCUT2D eigenvalue weighted by molar-refractivity contribution is 5.37. The molecule has 4 heteroatoms. The molecular weight excluding hydrogens is 264 g/mol. The van der Waals surface area contributed by atoms with Crippen LogP contribution in [0, 0.1) is 11.3 Å². The van der Waals surface area contributed by atoms with Crippen molar-refractivity contribution in [3.8, 4) is 11.8 Å². The molecule has 2 aromatic rings. The van der Waals surface area contributed by atoms with Crippen molar-refractivity contribution in [3.05, 3.63) is 76.2 Å². The molecule has 0 spiro atoms. The molecule has 1 heterocycles. The zero-order valence-electron chi connectivity index (χ0n) is 11.9. The van der Waals surface area contributed by atoms with Gasteiger partial charge in [0.2, 0.25) is 0 Å². The van der Waals surface area contributed by atoms with Crippen molar-refractivity contribution in [2.75, 3.05) is 6.61 Å². The molecular formula is C17H16N2O2. The Morgan fingerprint density at radius 2 is 2.10 bits per heavy atom. The van der Waals surface area contributed by atoms with Gasteiger partial charge in [-0.15, -0.1) is 0 Å². The molecule has 21 heavy (non-hydrogen) atoms. The van der Waals surface area contributed by atoms with Crippen molar-refractivity contribution >= 4 is 0 Å². The van der Waals surface area contributed by atoms with E-state index in [9.17, 15) is 4.79 Å². The lowest BCUT2D eigenvalue weighted by atomic mass is 10.1. The smallest absolute Gasteiger partial charge is 0.293 e. The Hall–Kier alpha value is -2.80. The maximum Gasteiger partial charge on any atom is 0.293 e. The van der Waals surface area contributed by atoms with Gasteiger partial charge in [-0.05, 0) is 36.3 Å². The second-order valence-electron chi connectivity index (χ2n) is 4.82. The number of hydrogen-bond acceptors (Lipinski definition) is 3. The van der Waals surface area contributed by atoms with Crippen molar-refractivity contribution in [1.29, 1.82) is 5.26 Å². The van der Waals surface area contributed by atoms with E-state index in [1.54, 1.807) is 30.5 Å². The number of aromatic nitrogens is 1. The van der Waals surface area contributed by atoms with Crippen molar-refractivity contribution in [2.24, 2.45) is 0 Å². The molecule has 0 aliphatic heterocycles. The monoisotopic (exact) mass is 280 g/mol. The molecule has 0 saturated carbocycles. The van der Waals surface area contributed by atoms with Gasteiger partial charge < -0.3 is 9.30 Å². The molecule has 0 amide bonds. The van der Waals surface area contributed by atoms with Crippen LogP contribution in [0.1, 0.15) is 18.1 Å². The Kier molecular flexibility index (Phi) is 4.57. The van der Waals surface area contributed by atoms with E-state index in [0.29, 0.717) is 18.7 Å². The van der Waals surface area contributed by atoms with E-state index < -0.39 is 0 Å². The van der Waals surface area contributed by atoms with Crippen molar-refractivity contribution < 1.29 is 4.74 Å². The summed E-state index contributed by atoms with van der Waals surface area (Å²) in [6, 6.07) is 12.8. The van der Waals surface area contributed by atoms with Crippen LogP contribution in [0.15, 0.2) is 59.5 Å². The highest BCUT2D eigenvalue weighted by Crippen LogP contribution is 2.10. The minimum absolute atomic E-state index is 0.216. The third-order valence-corrected chi connectivity index (χ3v) is 2.94. The number of nitriles is 1. The minimum atomic E-state index is -0.216. The highest BCUT2D eigenvalue weighted by Gasteiger charge is 2.07. The van der Waals surface area contributed by atoms with E-state index in [-0.39, 0.29) is 11.3 Å². The fraction of sp³-hybridized carbons (Fsp3) is 0.176. The predicted molar refractivity (Wildman–Crippen MR) is 81.3 cm³/mol. The lowest BCUT2D eigenvalue weighted by Crippen LogP contribution is -2.22. The molecule has 2 rings (SSSR count). The van der Waals surface area contributed by atoms with E-state index in [1.165, 1.54) is 4.57 Å². The van der Waals surface area contributed by atoms with Crippen LogP contribution in [0.4, 0.5) is 0 Å². The van der Waals surface area contributed by atoms with Crippen LogP contribution < -0.4 is 10.3 Å². The fourth-order valence-electron chi connectivity index (χ4n) is 1.90. The number of pyridine rings is 1. The summed E-state index contributed by atoms with van der Waals surface area (Å²) in [7, 11) is 0. The van der Waals surface area contributed by atoms with E-state index >= 15 is 0 Å². The normalized spacial score (nSPS) is 9.90. The van der Waals surface area contributed by atoms with Crippen LogP contribution in [-0.2, 0) is 6.54 Å². The van der Waals surface area contributed by atoms with Gasteiger partial charge in [0, 0.05) is 6.20 Å². The van der Waals surface area contributed by atoms with Gasteiger partial charge in [0.25, 0.3) is 5.56 Å². The van der Waals surface area contributed by atoms with Gasteiger partial charge in [0.1, 0.15) is 6.61 Å². The molecule has 1 aromatic carbocycles. The summed E-state index contributed by atoms with van der Waals surface area (Å²) in [5, 5.41) is 9.09. The third kappa shape index (κ3) is 3.61. The zero-order valence-corrected chi connectivity index (χ0v) is 11.9. The fourth-order valence-corrected chi connectivity index (χ4v) is 1.90. The van der Waals surface area contributed by atoms with Crippen molar-refractivity contribution in [3.63, 3.8) is 0 Å². The van der Waals surface area contributed by atoms with Crippen LogP contribution in [0.3, 0.4) is 0 Å². The van der Waals surface area contributed by atoms with Gasteiger partial charge >= 0.3 is 0 Å². The van der Waals surface area contributed by atoms with Gasteiger partial charge in [-0.25, -0.2) is 0 Å². The molecule has 0 radical (unpaired) electrons. The summed E-state index contributed by atoms with van der Waals surface area (Å²) in [6.07, 6.45) is 1.68. The predicted octanol–water partition coefficient (Wildman–Crippen LogP) is 2.72. The third-order valence-electron chi connectivity index (χ3n) is 2.94. The second kappa shape index (κ2) is 6.58. The largest absolute Gasteiger partial charge is 0.484 e.